The van der Waals surface area contributed by atoms with Crippen LogP contribution in [0.15, 0.2) is 146 Å². The molecule has 0 radical (unpaired) electrons. The van der Waals surface area contributed by atoms with Crippen LogP contribution < -0.4 is 26.2 Å². The summed E-state index contributed by atoms with van der Waals surface area (Å²) < 4.78 is 8.02. The lowest BCUT2D eigenvalue weighted by atomic mass is 9.33. The molecule has 3 aromatic heterocycles. The largest absolute Gasteiger partial charge is 0.310 e. The summed E-state index contributed by atoms with van der Waals surface area (Å²) >= 11 is 3.87. The molecule has 2 aliphatic heterocycles. The fourth-order valence-corrected chi connectivity index (χ4v) is 14.7. The number of aromatic nitrogens is 1. The van der Waals surface area contributed by atoms with E-state index in [0.29, 0.717) is 0 Å². The van der Waals surface area contributed by atoms with E-state index >= 15 is 0 Å². The number of thiophene rings is 2. The molecule has 368 valence electrons. The van der Waals surface area contributed by atoms with Crippen molar-refractivity contribution in [3.05, 3.63) is 179 Å². The van der Waals surface area contributed by atoms with Crippen molar-refractivity contribution in [2.75, 3.05) is 9.80 Å². The summed E-state index contributed by atoms with van der Waals surface area (Å²) in [6.45, 7) is 32.8. The van der Waals surface area contributed by atoms with Gasteiger partial charge in [-0.05, 0) is 146 Å². The van der Waals surface area contributed by atoms with Gasteiger partial charge in [-0.3, -0.25) is 0 Å². The van der Waals surface area contributed by atoms with Crippen molar-refractivity contribution in [3.63, 3.8) is 0 Å². The second-order valence-corrected chi connectivity index (χ2v) is 27.7. The maximum absolute atomic E-state index is 2.70. The zero-order valence-electron chi connectivity index (χ0n) is 45.6. The number of hydrogen-bond acceptors (Lipinski definition) is 4. The first kappa shape index (κ1) is 47.1. The van der Waals surface area contributed by atoms with E-state index in [1.54, 1.807) is 0 Å². The average molecular weight is 1000 g/mol. The van der Waals surface area contributed by atoms with E-state index in [1.807, 2.05) is 22.7 Å². The monoisotopic (exact) mass is 999 g/mol. The second kappa shape index (κ2) is 16.0. The number of rotatable bonds is 4. The highest BCUT2D eigenvalue weighted by Crippen LogP contribution is 2.51. The van der Waals surface area contributed by atoms with Crippen LogP contribution in [0.2, 0.25) is 0 Å². The third-order valence-electron chi connectivity index (χ3n) is 16.4. The van der Waals surface area contributed by atoms with Gasteiger partial charge < -0.3 is 14.4 Å². The van der Waals surface area contributed by atoms with Crippen LogP contribution in [-0.2, 0) is 21.7 Å². The van der Waals surface area contributed by atoms with Gasteiger partial charge in [0.25, 0.3) is 6.71 Å². The van der Waals surface area contributed by atoms with E-state index in [9.17, 15) is 0 Å². The summed E-state index contributed by atoms with van der Waals surface area (Å²) in [5.74, 6) is 0. The minimum absolute atomic E-state index is 0.0161. The highest BCUT2D eigenvalue weighted by Gasteiger charge is 2.45. The molecule has 3 nitrogen and oxygen atoms in total. The van der Waals surface area contributed by atoms with E-state index < -0.39 is 0 Å². The zero-order chi connectivity index (χ0) is 51.7. The van der Waals surface area contributed by atoms with Gasteiger partial charge in [0.05, 0.1) is 26.1 Å². The first-order valence-electron chi connectivity index (χ1n) is 26.6. The molecule has 0 fully saturated rings. The average Bonchev–Trinajstić information content (AvgIpc) is 4.02. The molecule has 0 amide bonds. The van der Waals surface area contributed by atoms with Gasteiger partial charge in [0.2, 0.25) is 0 Å². The summed E-state index contributed by atoms with van der Waals surface area (Å²) in [5, 5.41) is 5.29. The van der Waals surface area contributed by atoms with Crippen molar-refractivity contribution in [2.45, 2.75) is 119 Å². The van der Waals surface area contributed by atoms with Crippen molar-refractivity contribution >= 4 is 131 Å². The Balaban J connectivity index is 1.18. The highest BCUT2D eigenvalue weighted by molar-refractivity contribution is 7.27. The van der Waals surface area contributed by atoms with Gasteiger partial charge in [-0.25, -0.2) is 0 Å². The Bertz CT molecular complexity index is 4110. The van der Waals surface area contributed by atoms with E-state index in [1.165, 1.54) is 135 Å². The van der Waals surface area contributed by atoms with Crippen molar-refractivity contribution in [2.24, 2.45) is 0 Å². The third kappa shape index (κ3) is 7.03. The van der Waals surface area contributed by atoms with Crippen LogP contribution >= 0.6 is 22.7 Å². The van der Waals surface area contributed by atoms with Gasteiger partial charge in [0, 0.05) is 65.1 Å². The first-order valence-corrected chi connectivity index (χ1v) is 28.3. The topological polar surface area (TPSA) is 11.4 Å². The van der Waals surface area contributed by atoms with Crippen LogP contribution in [0.3, 0.4) is 0 Å². The molecule has 11 aromatic rings. The molecule has 8 aromatic carbocycles. The minimum atomic E-state index is -0.138. The van der Waals surface area contributed by atoms with Crippen LogP contribution in [0.5, 0.6) is 0 Å². The predicted molar refractivity (Wildman–Crippen MR) is 327 cm³/mol. The van der Waals surface area contributed by atoms with E-state index in [-0.39, 0.29) is 28.4 Å². The molecule has 6 heteroatoms. The summed E-state index contributed by atoms with van der Waals surface area (Å²) in [7, 11) is 0. The van der Waals surface area contributed by atoms with Gasteiger partial charge in [0.15, 0.2) is 0 Å². The Morgan fingerprint density at radius 2 is 0.959 bits per heavy atom. The van der Waals surface area contributed by atoms with Gasteiger partial charge in [0.1, 0.15) is 0 Å². The lowest BCUT2D eigenvalue weighted by molar-refractivity contribution is 0.589. The van der Waals surface area contributed by atoms with Crippen LogP contribution in [0.25, 0.3) is 57.1 Å². The quantitative estimate of drug-likeness (QED) is 0.163. The Kier molecular flexibility index (Phi) is 10.2. The number of nitrogens with zero attached hydrogens (tertiary/aromatic N) is 3. The fourth-order valence-electron chi connectivity index (χ4n) is 12.3. The summed E-state index contributed by atoms with van der Waals surface area (Å²) in [6, 6.07) is 57.1. The minimum Gasteiger partial charge on any atom is -0.310 e. The predicted octanol–water partition coefficient (Wildman–Crippen LogP) is 18.3. The normalized spacial score (nSPS) is 13.8. The molecular weight excluding hydrogens is 934 g/mol. The molecule has 74 heavy (non-hydrogen) atoms. The van der Waals surface area contributed by atoms with Gasteiger partial charge in [-0.2, -0.15) is 0 Å². The summed E-state index contributed by atoms with van der Waals surface area (Å²) in [4.78, 5) is 5.24. The highest BCUT2D eigenvalue weighted by atomic mass is 32.1. The lowest BCUT2D eigenvalue weighted by Crippen LogP contribution is -2.60. The molecule has 0 bridgehead atoms. The molecule has 5 heterocycles. The van der Waals surface area contributed by atoms with E-state index in [4.69, 9.17) is 0 Å². The van der Waals surface area contributed by atoms with E-state index in [0.717, 1.165) is 5.69 Å². The van der Waals surface area contributed by atoms with Gasteiger partial charge >= 0.3 is 0 Å². The Hall–Kier alpha value is -6.60. The van der Waals surface area contributed by atoms with Crippen LogP contribution in [0.4, 0.5) is 34.1 Å². The molecule has 0 saturated carbocycles. The number of benzene rings is 8. The summed E-state index contributed by atoms with van der Waals surface area (Å²) in [5.41, 5.74) is 23.0. The van der Waals surface area contributed by atoms with Crippen molar-refractivity contribution in [3.8, 4) is 5.69 Å². The standard InChI is InChI=1S/C68H66BN3S2/c1-39-32-41(65(3,4)5)26-30-52(39)70(53-31-27-42(33-40(53)2)66(6,7)8)45-28-29-50-55(38-45)71(54-23-19-22-47-46-20-15-17-24-58(46)73-63(47)54)56-36-44(68(12,13)14)37-57-60(56)69(50)51-35-43(67(9,10)11)34-49-61(51)72(57)62-48-21-16-18-25-59(48)74-64(49)62/h15-38H,1-14H3. The van der Waals surface area contributed by atoms with Crippen molar-refractivity contribution < 1.29 is 0 Å². The lowest BCUT2D eigenvalue weighted by Gasteiger charge is -2.42. The Labute approximate surface area is 446 Å². The Morgan fingerprint density at radius 3 is 1.58 bits per heavy atom. The number of anilines is 6. The van der Waals surface area contributed by atoms with Crippen LogP contribution in [0.1, 0.15) is 116 Å². The van der Waals surface area contributed by atoms with E-state index in [2.05, 4.69) is 257 Å². The van der Waals surface area contributed by atoms with Gasteiger partial charge in [-0.15, -0.1) is 22.7 Å². The number of hydrogen-bond donors (Lipinski definition) is 0. The van der Waals surface area contributed by atoms with Crippen LogP contribution in [-0.4, -0.2) is 11.3 Å². The molecule has 0 saturated heterocycles. The molecule has 0 spiro atoms. The smallest absolute Gasteiger partial charge is 0.252 e. The maximum Gasteiger partial charge on any atom is 0.252 e. The van der Waals surface area contributed by atoms with Crippen molar-refractivity contribution in [1.29, 1.82) is 0 Å². The zero-order valence-corrected chi connectivity index (χ0v) is 47.2. The molecule has 0 unspecified atom stereocenters. The molecule has 0 atom stereocenters. The molecule has 2 aliphatic rings. The molecule has 0 aliphatic carbocycles. The summed E-state index contributed by atoms with van der Waals surface area (Å²) in [6.07, 6.45) is 0. The molecular formula is C68H66BN3S2. The van der Waals surface area contributed by atoms with Crippen molar-refractivity contribution in [1.82, 2.24) is 4.57 Å². The second-order valence-electron chi connectivity index (χ2n) is 25.6. The maximum atomic E-state index is 2.70. The third-order valence-corrected chi connectivity index (χ3v) is 18.8. The number of aryl methyl sites for hydroxylation is 2. The van der Waals surface area contributed by atoms with Crippen LogP contribution in [0, 0.1) is 13.8 Å². The molecule has 0 N–H and O–H groups in total. The fraction of sp³-hybridized carbons (Fsp3) is 0.265. The SMILES string of the molecule is Cc1cc(C(C)(C)C)ccc1N(c1ccc2c(c1)N(c1cccc3c1sc1ccccc13)c1cc(C(C)(C)C)cc3c1B2c1cc(C(C)(C)C)cc2c4sc5ccccc5c4n-3c12)c1ccc(C(C)(C)C)cc1C. The number of fused-ring (bicyclic) bond motifs is 12. The molecule has 13 rings (SSSR count). The Morgan fingerprint density at radius 1 is 0.405 bits per heavy atom. The first-order chi connectivity index (χ1) is 35.1. The van der Waals surface area contributed by atoms with Gasteiger partial charge in [-0.1, -0.05) is 168 Å².